The van der Waals surface area contributed by atoms with Gasteiger partial charge in [-0.1, -0.05) is 6.42 Å². The van der Waals surface area contributed by atoms with Crippen LogP contribution in [-0.2, 0) is 0 Å². The fraction of sp³-hybridized carbons (Fsp3) is 0.571. The summed E-state index contributed by atoms with van der Waals surface area (Å²) in [4.78, 5) is 0. The van der Waals surface area contributed by atoms with Crippen LogP contribution in [-0.4, -0.2) is 21.3 Å². The summed E-state index contributed by atoms with van der Waals surface area (Å²) in [6, 6.07) is 3.95. The first kappa shape index (κ1) is 15.9. The van der Waals surface area contributed by atoms with Gasteiger partial charge in [-0.3, -0.25) is 0 Å². The maximum atomic E-state index is 6.29. The van der Waals surface area contributed by atoms with E-state index in [1.54, 1.807) is 21.3 Å². The Kier molecular flexibility index (Phi) is 5.76. The molecule has 0 heterocycles. The third kappa shape index (κ3) is 3.07. The maximum Gasteiger partial charge on any atom is 0.203 e. The summed E-state index contributed by atoms with van der Waals surface area (Å²) in [5, 5.41) is 0. The molecule has 2 rings (SSSR count). The standard InChI is InChI=1S/C14H21NO3.ClH/c1-16-11-7-10(13(15)9-5-4-6-9)8-12(17-2)14(11)18-3;/h7-9,13H,4-6,15H2,1-3H3;1H/t13-;/m0./s1. The fourth-order valence-corrected chi connectivity index (χ4v) is 2.36. The summed E-state index contributed by atoms with van der Waals surface area (Å²) in [6.07, 6.45) is 3.69. The Morgan fingerprint density at radius 1 is 1.05 bits per heavy atom. The van der Waals surface area contributed by atoms with Crippen LogP contribution >= 0.6 is 12.4 Å². The normalized spacial score (nSPS) is 16.0. The van der Waals surface area contributed by atoms with Crippen LogP contribution in [0.1, 0.15) is 30.9 Å². The average molecular weight is 288 g/mol. The number of ether oxygens (including phenoxy) is 3. The van der Waals surface area contributed by atoms with Crippen molar-refractivity contribution in [3.05, 3.63) is 17.7 Å². The summed E-state index contributed by atoms with van der Waals surface area (Å²) in [7, 11) is 4.85. The lowest BCUT2D eigenvalue weighted by atomic mass is 9.77. The Bertz CT molecular complexity index is 396. The van der Waals surface area contributed by atoms with E-state index in [0.29, 0.717) is 23.2 Å². The highest BCUT2D eigenvalue weighted by atomic mass is 35.5. The van der Waals surface area contributed by atoms with E-state index in [0.717, 1.165) is 5.56 Å². The average Bonchev–Trinajstić information content (AvgIpc) is 2.34. The first-order valence-electron chi connectivity index (χ1n) is 6.26. The molecule has 1 atom stereocenters. The van der Waals surface area contributed by atoms with E-state index < -0.39 is 0 Å². The molecule has 1 saturated carbocycles. The summed E-state index contributed by atoms with van der Waals surface area (Å²) in [5.41, 5.74) is 7.34. The summed E-state index contributed by atoms with van der Waals surface area (Å²) >= 11 is 0. The van der Waals surface area contributed by atoms with E-state index in [9.17, 15) is 0 Å². The highest BCUT2D eigenvalue weighted by molar-refractivity contribution is 5.85. The van der Waals surface area contributed by atoms with Gasteiger partial charge in [0.25, 0.3) is 0 Å². The van der Waals surface area contributed by atoms with Crippen molar-refractivity contribution in [2.45, 2.75) is 25.3 Å². The minimum Gasteiger partial charge on any atom is -0.493 e. The van der Waals surface area contributed by atoms with E-state index in [2.05, 4.69) is 0 Å². The fourth-order valence-electron chi connectivity index (χ4n) is 2.36. The molecule has 2 N–H and O–H groups in total. The van der Waals surface area contributed by atoms with Crippen molar-refractivity contribution < 1.29 is 14.2 Å². The third-order valence-corrected chi connectivity index (χ3v) is 3.73. The predicted octanol–water partition coefficient (Wildman–Crippen LogP) is 2.93. The molecule has 0 bridgehead atoms. The first-order chi connectivity index (χ1) is 8.71. The summed E-state index contributed by atoms with van der Waals surface area (Å²) < 4.78 is 16.0. The third-order valence-electron chi connectivity index (χ3n) is 3.73. The number of benzene rings is 1. The highest BCUT2D eigenvalue weighted by Gasteiger charge is 2.27. The zero-order valence-electron chi connectivity index (χ0n) is 11.6. The second-order valence-corrected chi connectivity index (χ2v) is 4.68. The summed E-state index contributed by atoms with van der Waals surface area (Å²) in [6.45, 7) is 0. The van der Waals surface area contributed by atoms with Crippen molar-refractivity contribution in [2.24, 2.45) is 11.7 Å². The van der Waals surface area contributed by atoms with Crippen molar-refractivity contribution in [3.8, 4) is 17.2 Å². The molecule has 0 radical (unpaired) electrons. The molecule has 1 aliphatic carbocycles. The topological polar surface area (TPSA) is 53.7 Å². The van der Waals surface area contributed by atoms with Gasteiger partial charge in [0, 0.05) is 6.04 Å². The molecule has 108 valence electrons. The Hall–Kier alpha value is -1.13. The van der Waals surface area contributed by atoms with Gasteiger partial charge in [-0.05, 0) is 36.5 Å². The van der Waals surface area contributed by atoms with Crippen molar-refractivity contribution in [3.63, 3.8) is 0 Å². The molecule has 1 aromatic carbocycles. The maximum absolute atomic E-state index is 6.29. The van der Waals surface area contributed by atoms with Gasteiger partial charge in [-0.2, -0.15) is 0 Å². The van der Waals surface area contributed by atoms with Gasteiger partial charge in [0.15, 0.2) is 11.5 Å². The van der Waals surface area contributed by atoms with Gasteiger partial charge in [0.1, 0.15) is 0 Å². The second-order valence-electron chi connectivity index (χ2n) is 4.68. The molecule has 0 unspecified atom stereocenters. The number of halogens is 1. The Morgan fingerprint density at radius 2 is 1.58 bits per heavy atom. The molecule has 0 saturated heterocycles. The molecule has 19 heavy (non-hydrogen) atoms. The molecule has 1 aromatic rings. The van der Waals surface area contributed by atoms with Crippen LogP contribution < -0.4 is 19.9 Å². The lowest BCUT2D eigenvalue weighted by Gasteiger charge is -2.32. The Morgan fingerprint density at radius 3 is 1.89 bits per heavy atom. The van der Waals surface area contributed by atoms with E-state index >= 15 is 0 Å². The van der Waals surface area contributed by atoms with E-state index in [1.165, 1.54) is 19.3 Å². The van der Waals surface area contributed by atoms with E-state index in [1.807, 2.05) is 12.1 Å². The number of nitrogens with two attached hydrogens (primary N) is 1. The quantitative estimate of drug-likeness (QED) is 0.905. The lowest BCUT2D eigenvalue weighted by molar-refractivity contribution is 0.262. The van der Waals surface area contributed by atoms with Gasteiger partial charge in [0.2, 0.25) is 5.75 Å². The van der Waals surface area contributed by atoms with Crippen molar-refractivity contribution >= 4 is 12.4 Å². The van der Waals surface area contributed by atoms with Crippen LogP contribution in [0.5, 0.6) is 17.2 Å². The SMILES string of the molecule is COc1cc([C@@H](N)C2CCC2)cc(OC)c1OC.Cl. The van der Waals surface area contributed by atoms with Crippen LogP contribution in [0.15, 0.2) is 12.1 Å². The number of methoxy groups -OCH3 is 3. The van der Waals surface area contributed by atoms with Gasteiger partial charge in [-0.25, -0.2) is 0 Å². The largest absolute Gasteiger partial charge is 0.493 e. The molecular formula is C14H22ClNO3. The molecule has 0 spiro atoms. The van der Waals surface area contributed by atoms with Crippen molar-refractivity contribution in [2.75, 3.05) is 21.3 Å². The Balaban J connectivity index is 0.00000180. The van der Waals surface area contributed by atoms with Crippen LogP contribution in [0.4, 0.5) is 0 Å². The lowest BCUT2D eigenvalue weighted by Crippen LogP contribution is -2.26. The summed E-state index contributed by atoms with van der Waals surface area (Å²) in [5.74, 6) is 2.53. The van der Waals surface area contributed by atoms with Gasteiger partial charge in [-0.15, -0.1) is 12.4 Å². The Labute approximate surface area is 120 Å². The van der Waals surface area contributed by atoms with Gasteiger partial charge in [0.05, 0.1) is 21.3 Å². The molecule has 0 amide bonds. The molecule has 1 aliphatic rings. The van der Waals surface area contributed by atoms with Crippen molar-refractivity contribution in [1.29, 1.82) is 0 Å². The van der Waals surface area contributed by atoms with E-state index in [4.69, 9.17) is 19.9 Å². The van der Waals surface area contributed by atoms with Crippen LogP contribution in [0.2, 0.25) is 0 Å². The number of hydrogen-bond donors (Lipinski definition) is 1. The zero-order valence-corrected chi connectivity index (χ0v) is 12.5. The molecule has 0 aliphatic heterocycles. The number of hydrogen-bond acceptors (Lipinski definition) is 4. The monoisotopic (exact) mass is 287 g/mol. The number of rotatable bonds is 5. The predicted molar refractivity (Wildman–Crippen MR) is 77.6 cm³/mol. The van der Waals surface area contributed by atoms with Gasteiger partial charge < -0.3 is 19.9 Å². The molecule has 0 aromatic heterocycles. The minimum atomic E-state index is 0. The van der Waals surface area contributed by atoms with Crippen LogP contribution in [0.3, 0.4) is 0 Å². The smallest absolute Gasteiger partial charge is 0.203 e. The van der Waals surface area contributed by atoms with Crippen LogP contribution in [0.25, 0.3) is 0 Å². The molecule has 4 nitrogen and oxygen atoms in total. The minimum absolute atomic E-state index is 0. The molecular weight excluding hydrogens is 266 g/mol. The van der Waals surface area contributed by atoms with Crippen LogP contribution in [0, 0.1) is 5.92 Å². The zero-order chi connectivity index (χ0) is 13.1. The second kappa shape index (κ2) is 6.87. The highest BCUT2D eigenvalue weighted by Crippen LogP contribution is 2.43. The molecule has 1 fully saturated rings. The first-order valence-corrected chi connectivity index (χ1v) is 6.26. The van der Waals surface area contributed by atoms with Gasteiger partial charge >= 0.3 is 0 Å². The molecule has 5 heteroatoms. The van der Waals surface area contributed by atoms with E-state index in [-0.39, 0.29) is 18.4 Å². The van der Waals surface area contributed by atoms with Crippen molar-refractivity contribution in [1.82, 2.24) is 0 Å².